The van der Waals surface area contributed by atoms with Crippen LogP contribution in [0.3, 0.4) is 0 Å². The Kier molecular flexibility index (Phi) is 6.72. The fourth-order valence-corrected chi connectivity index (χ4v) is 2.45. The van der Waals surface area contributed by atoms with Gasteiger partial charge < -0.3 is 24.8 Å². The molecule has 2 amide bonds. The third kappa shape index (κ3) is 5.58. The van der Waals surface area contributed by atoms with Crippen LogP contribution in [0.25, 0.3) is 0 Å². The number of phenols is 1. The summed E-state index contributed by atoms with van der Waals surface area (Å²) >= 11 is 0. The Hall–Kier alpha value is -2.89. The molecule has 0 saturated carbocycles. The van der Waals surface area contributed by atoms with Crippen molar-refractivity contribution >= 4 is 6.03 Å². The van der Waals surface area contributed by atoms with Gasteiger partial charge in [-0.2, -0.15) is 0 Å². The molecule has 0 aromatic heterocycles. The van der Waals surface area contributed by atoms with Gasteiger partial charge >= 0.3 is 6.03 Å². The van der Waals surface area contributed by atoms with Gasteiger partial charge in [-0.05, 0) is 49.2 Å². The quantitative estimate of drug-likeness (QED) is 0.794. The fourth-order valence-electron chi connectivity index (χ4n) is 2.45. The molecule has 0 saturated heterocycles. The molecule has 0 fully saturated rings. The Labute approximate surface area is 154 Å². The molecule has 0 atom stereocenters. The van der Waals surface area contributed by atoms with Gasteiger partial charge in [0.15, 0.2) is 11.5 Å². The molecule has 0 heterocycles. The van der Waals surface area contributed by atoms with Gasteiger partial charge in [0.25, 0.3) is 0 Å². The number of methoxy groups -OCH3 is 1. The van der Waals surface area contributed by atoms with E-state index < -0.39 is 0 Å². The smallest absolute Gasteiger partial charge is 0.317 e. The van der Waals surface area contributed by atoms with E-state index in [9.17, 15) is 9.90 Å². The van der Waals surface area contributed by atoms with Crippen LogP contribution < -0.4 is 14.8 Å². The third-order valence-electron chi connectivity index (χ3n) is 3.75. The Morgan fingerprint density at radius 3 is 2.38 bits per heavy atom. The molecule has 0 bridgehead atoms. The number of urea groups is 1. The van der Waals surface area contributed by atoms with Crippen molar-refractivity contribution in [3.8, 4) is 17.2 Å². The van der Waals surface area contributed by atoms with Gasteiger partial charge in [0.05, 0.1) is 13.2 Å². The Morgan fingerprint density at radius 2 is 1.81 bits per heavy atom. The molecule has 140 valence electrons. The molecule has 2 aromatic carbocycles. The number of amides is 2. The summed E-state index contributed by atoms with van der Waals surface area (Å²) < 4.78 is 10.6. The van der Waals surface area contributed by atoms with Crippen molar-refractivity contribution in [3.05, 3.63) is 53.6 Å². The number of rotatable bonds is 7. The lowest BCUT2D eigenvalue weighted by Crippen LogP contribution is -2.36. The Morgan fingerprint density at radius 1 is 1.15 bits per heavy atom. The van der Waals surface area contributed by atoms with E-state index in [4.69, 9.17) is 9.47 Å². The van der Waals surface area contributed by atoms with E-state index in [1.54, 1.807) is 24.1 Å². The van der Waals surface area contributed by atoms with E-state index in [2.05, 4.69) is 5.32 Å². The number of benzene rings is 2. The highest BCUT2D eigenvalue weighted by atomic mass is 16.5. The van der Waals surface area contributed by atoms with Gasteiger partial charge in [0.1, 0.15) is 5.75 Å². The average molecular weight is 358 g/mol. The van der Waals surface area contributed by atoms with Crippen LogP contribution in [0.2, 0.25) is 0 Å². The lowest BCUT2D eigenvalue weighted by atomic mass is 10.2. The van der Waals surface area contributed by atoms with Crippen LogP contribution in [0.1, 0.15) is 25.0 Å². The Bertz CT molecular complexity index is 729. The number of hydrogen-bond donors (Lipinski definition) is 2. The van der Waals surface area contributed by atoms with Crippen LogP contribution in [-0.4, -0.2) is 36.3 Å². The average Bonchev–Trinajstić information content (AvgIpc) is 2.60. The number of aromatic hydroxyl groups is 1. The molecule has 0 aliphatic rings. The largest absolute Gasteiger partial charge is 0.504 e. The van der Waals surface area contributed by atoms with Crippen molar-refractivity contribution in [1.29, 1.82) is 0 Å². The summed E-state index contributed by atoms with van der Waals surface area (Å²) in [6.07, 6.45) is 0.131. The van der Waals surface area contributed by atoms with Crippen LogP contribution in [0, 0.1) is 0 Å². The molecule has 2 rings (SSSR count). The molecule has 2 aromatic rings. The highest BCUT2D eigenvalue weighted by Gasteiger charge is 2.10. The van der Waals surface area contributed by atoms with Crippen molar-refractivity contribution in [2.45, 2.75) is 33.0 Å². The van der Waals surface area contributed by atoms with E-state index in [1.807, 2.05) is 44.2 Å². The molecule has 0 aliphatic carbocycles. The van der Waals surface area contributed by atoms with Gasteiger partial charge in [-0.25, -0.2) is 4.79 Å². The molecular formula is C20H26N2O4. The summed E-state index contributed by atoms with van der Waals surface area (Å²) in [5.41, 5.74) is 1.81. The second-order valence-corrected chi connectivity index (χ2v) is 6.33. The topological polar surface area (TPSA) is 71.0 Å². The minimum absolute atomic E-state index is 0.0579. The van der Waals surface area contributed by atoms with Crippen LogP contribution in [-0.2, 0) is 13.1 Å². The highest BCUT2D eigenvalue weighted by molar-refractivity contribution is 5.73. The molecule has 0 unspecified atom stereocenters. The molecule has 0 aliphatic heterocycles. The zero-order valence-electron chi connectivity index (χ0n) is 15.7. The normalized spacial score (nSPS) is 10.5. The van der Waals surface area contributed by atoms with E-state index in [0.717, 1.165) is 16.9 Å². The maximum Gasteiger partial charge on any atom is 0.317 e. The summed E-state index contributed by atoms with van der Waals surface area (Å²) in [4.78, 5) is 13.8. The van der Waals surface area contributed by atoms with Crippen LogP contribution in [0.15, 0.2) is 42.5 Å². The number of ether oxygens (including phenoxy) is 2. The van der Waals surface area contributed by atoms with Crippen LogP contribution in [0.5, 0.6) is 17.2 Å². The molecule has 6 heteroatoms. The van der Waals surface area contributed by atoms with E-state index in [-0.39, 0.29) is 17.9 Å². The highest BCUT2D eigenvalue weighted by Crippen LogP contribution is 2.26. The number of phenolic OH excluding ortho intramolecular Hbond substituents is 1. The van der Waals surface area contributed by atoms with Crippen LogP contribution in [0.4, 0.5) is 4.79 Å². The maximum atomic E-state index is 12.2. The van der Waals surface area contributed by atoms with E-state index >= 15 is 0 Å². The summed E-state index contributed by atoms with van der Waals surface area (Å²) in [5, 5.41) is 12.7. The number of hydrogen-bond acceptors (Lipinski definition) is 4. The van der Waals surface area contributed by atoms with E-state index in [0.29, 0.717) is 18.8 Å². The summed E-state index contributed by atoms with van der Waals surface area (Å²) in [6, 6.07) is 12.5. The number of nitrogens with zero attached hydrogens (tertiary/aromatic N) is 1. The number of carbonyl (C=O) groups excluding carboxylic acids is 1. The molecular weight excluding hydrogens is 332 g/mol. The minimum Gasteiger partial charge on any atom is -0.504 e. The van der Waals surface area contributed by atoms with Gasteiger partial charge in [-0.15, -0.1) is 0 Å². The second-order valence-electron chi connectivity index (χ2n) is 6.33. The van der Waals surface area contributed by atoms with Crippen molar-refractivity contribution in [1.82, 2.24) is 10.2 Å². The second kappa shape index (κ2) is 8.99. The molecule has 6 nitrogen and oxygen atoms in total. The Balaban J connectivity index is 1.86. The van der Waals surface area contributed by atoms with Gasteiger partial charge in [-0.3, -0.25) is 0 Å². The predicted molar refractivity (Wildman–Crippen MR) is 101 cm³/mol. The SMILES string of the molecule is COc1ccc(CN(C)C(=O)NCc2ccc(OC(C)C)cc2)cc1O. The molecule has 0 spiro atoms. The van der Waals surface area contributed by atoms with Gasteiger partial charge in [0, 0.05) is 20.1 Å². The lowest BCUT2D eigenvalue weighted by molar-refractivity contribution is 0.206. The van der Waals surface area contributed by atoms with Gasteiger partial charge in [0.2, 0.25) is 0 Å². The minimum atomic E-state index is -0.192. The standard InChI is InChI=1S/C20H26N2O4/c1-14(2)26-17-8-5-15(6-9-17)12-21-20(24)22(3)13-16-7-10-19(25-4)18(23)11-16/h5-11,14,23H,12-13H2,1-4H3,(H,21,24). The molecule has 2 N–H and O–H groups in total. The number of carbonyl (C=O) groups is 1. The number of nitrogens with one attached hydrogen (secondary N) is 1. The first-order valence-electron chi connectivity index (χ1n) is 8.49. The molecule has 0 radical (unpaired) electrons. The van der Waals surface area contributed by atoms with Crippen molar-refractivity contribution in [3.63, 3.8) is 0 Å². The molecule has 26 heavy (non-hydrogen) atoms. The van der Waals surface area contributed by atoms with E-state index in [1.165, 1.54) is 7.11 Å². The summed E-state index contributed by atoms with van der Waals surface area (Å²) in [6.45, 7) is 4.77. The maximum absolute atomic E-state index is 12.2. The van der Waals surface area contributed by atoms with Crippen molar-refractivity contribution in [2.24, 2.45) is 0 Å². The van der Waals surface area contributed by atoms with Crippen LogP contribution >= 0.6 is 0 Å². The zero-order chi connectivity index (χ0) is 19.1. The van der Waals surface area contributed by atoms with Gasteiger partial charge in [-0.1, -0.05) is 18.2 Å². The lowest BCUT2D eigenvalue weighted by Gasteiger charge is -2.18. The summed E-state index contributed by atoms with van der Waals surface area (Å²) in [7, 11) is 3.20. The summed E-state index contributed by atoms with van der Waals surface area (Å²) in [5.74, 6) is 1.28. The monoisotopic (exact) mass is 358 g/mol. The zero-order valence-corrected chi connectivity index (χ0v) is 15.7. The first-order chi connectivity index (χ1) is 12.4. The fraction of sp³-hybridized carbons (Fsp3) is 0.350. The third-order valence-corrected chi connectivity index (χ3v) is 3.75. The van der Waals surface area contributed by atoms with Crippen molar-refractivity contribution < 1.29 is 19.4 Å². The first kappa shape index (κ1) is 19.4. The van der Waals surface area contributed by atoms with Crippen molar-refractivity contribution in [2.75, 3.05) is 14.2 Å². The predicted octanol–water partition coefficient (Wildman–Crippen LogP) is 3.53. The first-order valence-corrected chi connectivity index (χ1v) is 8.49.